The number of nitrogens with zero attached hydrogens (tertiary/aromatic N) is 2. The van der Waals surface area contributed by atoms with Crippen LogP contribution in [0.25, 0.3) is 21.0 Å². The lowest BCUT2D eigenvalue weighted by Crippen LogP contribution is -1.98. The van der Waals surface area contributed by atoms with Crippen LogP contribution in [0.5, 0.6) is 5.75 Å². The van der Waals surface area contributed by atoms with Gasteiger partial charge in [0, 0.05) is 11.8 Å². The molecule has 0 atom stereocenters. The molecular formula is C15H16N4O3S3. The number of nitrogens with two attached hydrogens (primary N) is 2. The third-order valence-electron chi connectivity index (χ3n) is 3.52. The standard InChI is InChI=1S/C15H16N4O3S3/c1-7-12(23-14(16)18-7)11-13(24-15(17)19-11)9-6-8(25(3,20)21)4-5-10(9)22-2/h4-6H,1-3H3,(H2,16,18)(H2,17,19). The van der Waals surface area contributed by atoms with Crippen molar-refractivity contribution in [3.05, 3.63) is 23.9 Å². The highest BCUT2D eigenvalue weighted by Crippen LogP contribution is 2.45. The predicted molar refractivity (Wildman–Crippen MR) is 102 cm³/mol. The second-order valence-electron chi connectivity index (χ2n) is 5.33. The fourth-order valence-corrected chi connectivity index (χ4v) is 4.81. The monoisotopic (exact) mass is 396 g/mol. The first-order chi connectivity index (χ1) is 11.7. The van der Waals surface area contributed by atoms with E-state index in [0.717, 1.165) is 16.8 Å². The van der Waals surface area contributed by atoms with Gasteiger partial charge in [0.05, 0.1) is 27.5 Å². The van der Waals surface area contributed by atoms with Gasteiger partial charge in [-0.2, -0.15) is 0 Å². The van der Waals surface area contributed by atoms with Crippen LogP contribution in [0.15, 0.2) is 23.1 Å². The van der Waals surface area contributed by atoms with Crippen molar-refractivity contribution < 1.29 is 13.2 Å². The van der Waals surface area contributed by atoms with Gasteiger partial charge in [-0.15, -0.1) is 0 Å². The van der Waals surface area contributed by atoms with E-state index >= 15 is 0 Å². The molecule has 132 valence electrons. The Morgan fingerprint density at radius 3 is 2.28 bits per heavy atom. The van der Waals surface area contributed by atoms with E-state index in [-0.39, 0.29) is 4.90 Å². The Morgan fingerprint density at radius 1 is 1.08 bits per heavy atom. The molecule has 0 spiro atoms. The van der Waals surface area contributed by atoms with Crippen LogP contribution >= 0.6 is 22.7 Å². The number of nitrogen functional groups attached to an aromatic ring is 2. The molecule has 0 bridgehead atoms. The summed E-state index contributed by atoms with van der Waals surface area (Å²) in [4.78, 5) is 10.3. The number of ether oxygens (including phenoxy) is 1. The minimum atomic E-state index is -3.37. The zero-order valence-corrected chi connectivity index (χ0v) is 16.2. The highest BCUT2D eigenvalue weighted by atomic mass is 32.2. The largest absolute Gasteiger partial charge is 0.496 e. The van der Waals surface area contributed by atoms with Crippen molar-refractivity contribution in [2.75, 3.05) is 24.8 Å². The van der Waals surface area contributed by atoms with Gasteiger partial charge in [0.15, 0.2) is 20.1 Å². The maximum absolute atomic E-state index is 11.9. The summed E-state index contributed by atoms with van der Waals surface area (Å²) in [6.45, 7) is 1.84. The average Bonchev–Trinajstić information content (AvgIpc) is 3.07. The van der Waals surface area contributed by atoms with Crippen LogP contribution in [0.2, 0.25) is 0 Å². The Kier molecular flexibility index (Phi) is 4.43. The summed E-state index contributed by atoms with van der Waals surface area (Å²) in [5.41, 5.74) is 13.7. The molecule has 0 aliphatic rings. The molecule has 3 aromatic rings. The molecule has 1 aromatic carbocycles. The van der Waals surface area contributed by atoms with Crippen LogP contribution in [0, 0.1) is 6.92 Å². The molecule has 0 amide bonds. The molecule has 10 heteroatoms. The summed E-state index contributed by atoms with van der Waals surface area (Å²) in [5, 5.41) is 0.796. The Labute approximate surface area is 153 Å². The van der Waals surface area contributed by atoms with Crippen LogP contribution in [-0.2, 0) is 9.84 Å². The molecule has 0 aliphatic heterocycles. The second-order valence-corrected chi connectivity index (χ2v) is 9.41. The molecule has 0 saturated carbocycles. The summed E-state index contributed by atoms with van der Waals surface area (Å²) >= 11 is 2.57. The molecular weight excluding hydrogens is 380 g/mol. The number of thiazole rings is 2. The smallest absolute Gasteiger partial charge is 0.181 e. The van der Waals surface area contributed by atoms with Crippen molar-refractivity contribution in [3.63, 3.8) is 0 Å². The number of sulfone groups is 1. The van der Waals surface area contributed by atoms with Crippen molar-refractivity contribution in [1.82, 2.24) is 9.97 Å². The third-order valence-corrected chi connectivity index (χ3v) is 6.54. The van der Waals surface area contributed by atoms with Crippen molar-refractivity contribution in [2.24, 2.45) is 0 Å². The van der Waals surface area contributed by atoms with Gasteiger partial charge in [-0.25, -0.2) is 18.4 Å². The van der Waals surface area contributed by atoms with Gasteiger partial charge in [0.25, 0.3) is 0 Å². The summed E-state index contributed by atoms with van der Waals surface area (Å²) < 4.78 is 29.3. The van der Waals surface area contributed by atoms with Gasteiger partial charge in [0.2, 0.25) is 0 Å². The Bertz CT molecular complexity index is 1050. The molecule has 2 aromatic heterocycles. The van der Waals surface area contributed by atoms with Gasteiger partial charge in [0.1, 0.15) is 11.4 Å². The predicted octanol–water partition coefficient (Wildman–Crippen LogP) is 2.82. The quantitative estimate of drug-likeness (QED) is 0.695. The number of rotatable bonds is 4. The molecule has 3 rings (SSSR count). The number of aryl methyl sites for hydroxylation is 1. The van der Waals surface area contributed by atoms with Gasteiger partial charge < -0.3 is 16.2 Å². The normalized spacial score (nSPS) is 11.6. The zero-order chi connectivity index (χ0) is 18.4. The molecule has 0 saturated heterocycles. The Balaban J connectivity index is 2.29. The number of anilines is 2. The Hall–Kier alpha value is -2.17. The number of aromatic nitrogens is 2. The number of methoxy groups -OCH3 is 1. The molecule has 0 fully saturated rings. The second kappa shape index (κ2) is 6.28. The summed E-state index contributed by atoms with van der Waals surface area (Å²) in [7, 11) is -1.84. The van der Waals surface area contributed by atoms with Gasteiger partial charge in [-0.05, 0) is 25.1 Å². The molecule has 7 nitrogen and oxygen atoms in total. The summed E-state index contributed by atoms with van der Waals surface area (Å²) in [6, 6.07) is 4.71. The third kappa shape index (κ3) is 3.32. The fourth-order valence-electron chi connectivity index (χ4n) is 2.41. The van der Waals surface area contributed by atoms with Crippen molar-refractivity contribution in [3.8, 4) is 26.8 Å². The van der Waals surface area contributed by atoms with Crippen LogP contribution in [0.3, 0.4) is 0 Å². The van der Waals surface area contributed by atoms with Crippen molar-refractivity contribution >= 4 is 42.8 Å². The lowest BCUT2D eigenvalue weighted by Gasteiger charge is -2.10. The summed E-state index contributed by atoms with van der Waals surface area (Å²) in [6.07, 6.45) is 1.16. The number of hydrogen-bond acceptors (Lipinski definition) is 9. The summed E-state index contributed by atoms with van der Waals surface area (Å²) in [5.74, 6) is 0.535. The van der Waals surface area contributed by atoms with Crippen LogP contribution < -0.4 is 16.2 Å². The van der Waals surface area contributed by atoms with E-state index < -0.39 is 9.84 Å². The zero-order valence-electron chi connectivity index (χ0n) is 13.7. The molecule has 0 radical (unpaired) electrons. The van der Waals surface area contributed by atoms with Crippen molar-refractivity contribution in [2.45, 2.75) is 11.8 Å². The topological polar surface area (TPSA) is 121 Å². The maximum atomic E-state index is 11.9. The number of benzene rings is 1. The highest BCUT2D eigenvalue weighted by Gasteiger charge is 2.22. The average molecular weight is 397 g/mol. The lowest BCUT2D eigenvalue weighted by molar-refractivity contribution is 0.416. The maximum Gasteiger partial charge on any atom is 0.181 e. The first kappa shape index (κ1) is 17.6. The van der Waals surface area contributed by atoms with E-state index in [1.54, 1.807) is 12.1 Å². The number of hydrogen-bond donors (Lipinski definition) is 2. The van der Waals surface area contributed by atoms with Crippen LogP contribution in [-0.4, -0.2) is 31.8 Å². The fraction of sp³-hybridized carbons (Fsp3) is 0.200. The van der Waals surface area contributed by atoms with E-state index in [2.05, 4.69) is 9.97 Å². The molecule has 0 unspecified atom stereocenters. The lowest BCUT2D eigenvalue weighted by atomic mass is 10.1. The van der Waals surface area contributed by atoms with Crippen molar-refractivity contribution in [1.29, 1.82) is 0 Å². The SMILES string of the molecule is COc1ccc(S(C)(=O)=O)cc1-c1sc(N)nc1-c1sc(N)nc1C. The van der Waals surface area contributed by atoms with E-state index in [1.165, 1.54) is 35.8 Å². The highest BCUT2D eigenvalue weighted by molar-refractivity contribution is 7.90. The van der Waals surface area contributed by atoms with Crippen LogP contribution in [0.1, 0.15) is 5.69 Å². The van der Waals surface area contributed by atoms with Gasteiger partial charge >= 0.3 is 0 Å². The van der Waals surface area contributed by atoms with E-state index in [1.807, 2.05) is 6.92 Å². The minimum absolute atomic E-state index is 0.196. The van der Waals surface area contributed by atoms with Crippen LogP contribution in [0.4, 0.5) is 10.3 Å². The molecule has 2 heterocycles. The first-order valence-corrected chi connectivity index (χ1v) is 10.6. The van der Waals surface area contributed by atoms with Gasteiger partial charge in [-0.1, -0.05) is 22.7 Å². The molecule has 0 aliphatic carbocycles. The molecule has 4 N–H and O–H groups in total. The van der Waals surface area contributed by atoms with E-state index in [9.17, 15) is 8.42 Å². The first-order valence-electron chi connectivity index (χ1n) is 7.08. The van der Waals surface area contributed by atoms with Gasteiger partial charge in [-0.3, -0.25) is 0 Å². The molecule has 25 heavy (non-hydrogen) atoms. The van der Waals surface area contributed by atoms with E-state index in [4.69, 9.17) is 16.2 Å². The Morgan fingerprint density at radius 2 is 1.72 bits per heavy atom. The minimum Gasteiger partial charge on any atom is -0.496 e. The van der Waals surface area contributed by atoms with E-state index in [0.29, 0.717) is 32.1 Å².